The molecular formula is C18H26N4O3. The van der Waals surface area contributed by atoms with E-state index in [4.69, 9.17) is 0 Å². The maximum atomic E-state index is 11.9. The number of nitrogens with one attached hydrogen (secondary N) is 3. The lowest BCUT2D eigenvalue weighted by molar-refractivity contribution is -0.130. The summed E-state index contributed by atoms with van der Waals surface area (Å²) in [6.07, 6.45) is 4.46. The number of hydrogen-bond donors (Lipinski definition) is 3. The molecule has 1 aliphatic heterocycles. The average molecular weight is 346 g/mol. The van der Waals surface area contributed by atoms with Crippen molar-refractivity contribution in [1.29, 1.82) is 0 Å². The third kappa shape index (κ3) is 7.24. The molecule has 0 unspecified atom stereocenters. The number of amides is 4. The maximum absolute atomic E-state index is 11.9. The van der Waals surface area contributed by atoms with E-state index in [2.05, 4.69) is 16.0 Å². The number of urea groups is 1. The number of carbonyl (C=O) groups excluding carboxylic acids is 3. The molecule has 1 aromatic carbocycles. The van der Waals surface area contributed by atoms with Crippen molar-refractivity contribution in [3.63, 3.8) is 0 Å². The van der Waals surface area contributed by atoms with Gasteiger partial charge in [0.2, 0.25) is 11.8 Å². The maximum Gasteiger partial charge on any atom is 0.315 e. The minimum atomic E-state index is -0.384. The smallest absolute Gasteiger partial charge is 0.315 e. The Bertz CT molecular complexity index is 577. The summed E-state index contributed by atoms with van der Waals surface area (Å²) >= 11 is 0. The molecule has 1 aromatic rings. The number of carbonyl (C=O) groups is 3. The Morgan fingerprint density at radius 2 is 1.84 bits per heavy atom. The van der Waals surface area contributed by atoms with Crippen LogP contribution in [0.2, 0.25) is 0 Å². The van der Waals surface area contributed by atoms with Crippen molar-refractivity contribution in [3.05, 3.63) is 30.3 Å². The molecule has 0 aromatic heterocycles. The second kappa shape index (κ2) is 10.3. The molecule has 0 radical (unpaired) electrons. The first kappa shape index (κ1) is 18.8. The number of rotatable bonds is 7. The zero-order valence-corrected chi connectivity index (χ0v) is 14.4. The molecule has 25 heavy (non-hydrogen) atoms. The molecule has 1 aliphatic rings. The van der Waals surface area contributed by atoms with Gasteiger partial charge in [-0.15, -0.1) is 0 Å². The van der Waals surface area contributed by atoms with Gasteiger partial charge in [-0.25, -0.2) is 4.79 Å². The van der Waals surface area contributed by atoms with Crippen molar-refractivity contribution < 1.29 is 14.4 Å². The summed E-state index contributed by atoms with van der Waals surface area (Å²) in [6.45, 7) is 1.85. The van der Waals surface area contributed by atoms with Crippen LogP contribution in [0, 0.1) is 0 Å². The molecule has 0 bridgehead atoms. The van der Waals surface area contributed by atoms with Crippen molar-refractivity contribution in [1.82, 2.24) is 15.5 Å². The van der Waals surface area contributed by atoms with E-state index in [1.165, 1.54) is 0 Å². The molecule has 7 heteroatoms. The zero-order valence-electron chi connectivity index (χ0n) is 14.4. The van der Waals surface area contributed by atoms with E-state index in [0.717, 1.165) is 25.8 Å². The second-order valence-corrected chi connectivity index (χ2v) is 6.07. The number of anilines is 1. The molecule has 7 nitrogen and oxygen atoms in total. The van der Waals surface area contributed by atoms with Crippen LogP contribution in [0.15, 0.2) is 30.3 Å². The van der Waals surface area contributed by atoms with Gasteiger partial charge < -0.3 is 20.9 Å². The number of para-hydroxylation sites is 1. The molecular weight excluding hydrogens is 320 g/mol. The molecule has 136 valence electrons. The molecule has 0 saturated carbocycles. The summed E-state index contributed by atoms with van der Waals surface area (Å²) in [5.41, 5.74) is 0.692. The first-order valence-electron chi connectivity index (χ1n) is 8.79. The quantitative estimate of drug-likeness (QED) is 0.657. The summed E-state index contributed by atoms with van der Waals surface area (Å²) in [7, 11) is 0. The van der Waals surface area contributed by atoms with Gasteiger partial charge in [-0.2, -0.15) is 0 Å². The molecule has 1 saturated heterocycles. The Hall–Kier alpha value is -2.57. The predicted octanol–water partition coefficient (Wildman–Crippen LogP) is 1.72. The van der Waals surface area contributed by atoms with E-state index >= 15 is 0 Å². The molecule has 0 spiro atoms. The van der Waals surface area contributed by atoms with Crippen molar-refractivity contribution in [2.75, 3.05) is 31.5 Å². The van der Waals surface area contributed by atoms with Crippen LogP contribution in [-0.4, -0.2) is 48.9 Å². The Morgan fingerprint density at radius 3 is 2.64 bits per heavy atom. The largest absolute Gasteiger partial charge is 0.343 e. The topological polar surface area (TPSA) is 90.5 Å². The van der Waals surface area contributed by atoms with Crippen LogP contribution in [0.4, 0.5) is 10.5 Å². The van der Waals surface area contributed by atoms with Gasteiger partial charge in [-0.1, -0.05) is 24.6 Å². The van der Waals surface area contributed by atoms with Gasteiger partial charge in [0.1, 0.15) is 0 Å². The van der Waals surface area contributed by atoms with E-state index in [-0.39, 0.29) is 24.4 Å². The third-order valence-corrected chi connectivity index (χ3v) is 4.03. The van der Waals surface area contributed by atoms with Crippen molar-refractivity contribution in [2.24, 2.45) is 0 Å². The first-order chi connectivity index (χ1) is 12.1. The highest BCUT2D eigenvalue weighted by Gasteiger charge is 2.15. The van der Waals surface area contributed by atoms with Crippen LogP contribution in [0.5, 0.6) is 0 Å². The van der Waals surface area contributed by atoms with Crippen molar-refractivity contribution in [2.45, 2.75) is 32.1 Å². The Balaban J connectivity index is 1.56. The number of hydrogen-bond acceptors (Lipinski definition) is 3. The van der Waals surface area contributed by atoms with E-state index in [1.807, 2.05) is 23.1 Å². The van der Waals surface area contributed by atoms with Crippen LogP contribution in [-0.2, 0) is 9.59 Å². The number of benzene rings is 1. The van der Waals surface area contributed by atoms with E-state index in [0.29, 0.717) is 31.6 Å². The Kier molecular flexibility index (Phi) is 7.75. The monoisotopic (exact) mass is 346 g/mol. The van der Waals surface area contributed by atoms with Crippen LogP contribution in [0.1, 0.15) is 32.1 Å². The van der Waals surface area contributed by atoms with Gasteiger partial charge in [0.05, 0.1) is 6.54 Å². The first-order valence-corrected chi connectivity index (χ1v) is 8.79. The fourth-order valence-corrected chi connectivity index (χ4v) is 2.70. The minimum absolute atomic E-state index is 0.0919. The summed E-state index contributed by atoms with van der Waals surface area (Å²) in [5.74, 6) is -0.0731. The molecule has 3 N–H and O–H groups in total. The average Bonchev–Trinajstić information content (AvgIpc) is 2.82. The highest BCUT2D eigenvalue weighted by Crippen LogP contribution is 2.11. The summed E-state index contributed by atoms with van der Waals surface area (Å²) in [4.78, 5) is 37.1. The Morgan fingerprint density at radius 1 is 1.04 bits per heavy atom. The highest BCUT2D eigenvalue weighted by atomic mass is 16.2. The normalized spacial score (nSPS) is 14.6. The summed E-state index contributed by atoms with van der Waals surface area (Å²) < 4.78 is 0. The zero-order chi connectivity index (χ0) is 17.9. The van der Waals surface area contributed by atoms with Crippen LogP contribution in [0.25, 0.3) is 0 Å². The van der Waals surface area contributed by atoms with Crippen LogP contribution < -0.4 is 16.0 Å². The summed E-state index contributed by atoms with van der Waals surface area (Å²) in [6, 6.07) is 8.69. The number of likely N-dealkylation sites (tertiary alicyclic amines) is 1. The lowest BCUT2D eigenvalue weighted by atomic mass is 10.2. The molecule has 2 rings (SSSR count). The van der Waals surface area contributed by atoms with E-state index in [1.54, 1.807) is 12.1 Å². The van der Waals surface area contributed by atoms with Crippen LogP contribution >= 0.6 is 0 Å². The second-order valence-electron chi connectivity index (χ2n) is 6.07. The molecule has 0 aliphatic carbocycles. The SMILES string of the molecule is O=C(CNC(=O)NCCCN1CCCCCC1=O)Nc1ccccc1. The van der Waals surface area contributed by atoms with Gasteiger partial charge in [0.25, 0.3) is 0 Å². The van der Waals surface area contributed by atoms with Gasteiger partial charge in [-0.3, -0.25) is 9.59 Å². The molecule has 4 amide bonds. The van der Waals surface area contributed by atoms with Gasteiger partial charge in [-0.05, 0) is 31.4 Å². The van der Waals surface area contributed by atoms with Crippen molar-refractivity contribution >= 4 is 23.5 Å². The van der Waals surface area contributed by atoms with E-state index in [9.17, 15) is 14.4 Å². The minimum Gasteiger partial charge on any atom is -0.343 e. The third-order valence-electron chi connectivity index (χ3n) is 4.03. The van der Waals surface area contributed by atoms with Gasteiger partial charge >= 0.3 is 6.03 Å². The highest BCUT2D eigenvalue weighted by molar-refractivity contribution is 5.94. The van der Waals surface area contributed by atoms with Crippen molar-refractivity contribution in [3.8, 4) is 0 Å². The van der Waals surface area contributed by atoms with E-state index < -0.39 is 0 Å². The predicted molar refractivity (Wildman–Crippen MR) is 96.1 cm³/mol. The lowest BCUT2D eigenvalue weighted by Crippen LogP contribution is -2.41. The Labute approximate surface area is 148 Å². The fraction of sp³-hybridized carbons (Fsp3) is 0.500. The fourth-order valence-electron chi connectivity index (χ4n) is 2.70. The standard InChI is InChI=1S/C18H26N4O3/c23-16(21-15-8-3-1-4-9-15)14-20-18(25)19-11-7-13-22-12-6-2-5-10-17(22)24/h1,3-4,8-9H,2,5-7,10-14H2,(H,21,23)(H2,19,20,25). The molecule has 1 heterocycles. The van der Waals surface area contributed by atoms with Gasteiger partial charge in [0, 0.05) is 31.7 Å². The number of nitrogens with zero attached hydrogens (tertiary/aromatic N) is 1. The van der Waals surface area contributed by atoms with Gasteiger partial charge in [0.15, 0.2) is 0 Å². The summed E-state index contributed by atoms with van der Waals surface area (Å²) in [5, 5.41) is 7.91. The van der Waals surface area contributed by atoms with Crippen LogP contribution in [0.3, 0.4) is 0 Å². The lowest BCUT2D eigenvalue weighted by Gasteiger charge is -2.20. The molecule has 1 fully saturated rings. The molecule has 0 atom stereocenters.